The third-order valence-corrected chi connectivity index (χ3v) is 8.15. The van der Waals surface area contributed by atoms with Crippen molar-refractivity contribution in [3.63, 3.8) is 0 Å². The van der Waals surface area contributed by atoms with Gasteiger partial charge >= 0.3 is 0 Å². The van der Waals surface area contributed by atoms with Crippen LogP contribution in [0.3, 0.4) is 0 Å². The summed E-state index contributed by atoms with van der Waals surface area (Å²) < 4.78 is 2.09. The minimum Gasteiger partial charge on any atom is -0.506 e. The summed E-state index contributed by atoms with van der Waals surface area (Å²) in [7, 11) is 0. The molecule has 0 saturated heterocycles. The van der Waals surface area contributed by atoms with E-state index in [0.29, 0.717) is 5.56 Å². The number of phenols is 1. The van der Waals surface area contributed by atoms with Crippen molar-refractivity contribution in [2.75, 3.05) is 5.32 Å². The number of rotatable bonds is 6. The molecule has 0 spiro atoms. The van der Waals surface area contributed by atoms with Crippen molar-refractivity contribution in [2.45, 2.75) is 46.5 Å². The number of carbonyl (C=O) groups excluding carboxylic acids is 1. The van der Waals surface area contributed by atoms with Crippen LogP contribution in [0.5, 0.6) is 5.75 Å². The summed E-state index contributed by atoms with van der Waals surface area (Å²) >= 11 is 1.66. The third kappa shape index (κ3) is 4.84. The molecule has 0 atom stereocenters. The number of nitrogens with zero attached hydrogens (tertiary/aromatic N) is 3. The lowest BCUT2D eigenvalue weighted by atomic mass is 9.95. The highest BCUT2D eigenvalue weighted by atomic mass is 32.1. The highest BCUT2D eigenvalue weighted by Gasteiger charge is 2.28. The maximum atomic E-state index is 13.7. The summed E-state index contributed by atoms with van der Waals surface area (Å²) in [5.41, 5.74) is 6.33. The number of non-ortho nitro benzene ring substituents is 1. The zero-order valence-corrected chi connectivity index (χ0v) is 22.3. The van der Waals surface area contributed by atoms with Gasteiger partial charge in [0.05, 0.1) is 10.5 Å². The van der Waals surface area contributed by atoms with Crippen LogP contribution in [0.4, 0.5) is 17.1 Å². The number of benzene rings is 2. The van der Waals surface area contributed by atoms with E-state index in [-0.39, 0.29) is 23.0 Å². The smallest absolute Gasteiger partial charge is 0.271 e. The van der Waals surface area contributed by atoms with Crippen LogP contribution < -0.4 is 5.32 Å². The zero-order chi connectivity index (χ0) is 27.0. The van der Waals surface area contributed by atoms with E-state index in [1.165, 1.54) is 23.1 Å². The van der Waals surface area contributed by atoms with Crippen molar-refractivity contribution >= 4 is 40.5 Å². The maximum Gasteiger partial charge on any atom is 0.271 e. The Hall–Kier alpha value is -4.24. The van der Waals surface area contributed by atoms with E-state index in [1.807, 2.05) is 51.1 Å². The van der Waals surface area contributed by atoms with Crippen LogP contribution in [-0.2, 0) is 12.8 Å². The van der Waals surface area contributed by atoms with Crippen LogP contribution >= 0.6 is 11.3 Å². The molecule has 4 aromatic rings. The first-order valence-corrected chi connectivity index (χ1v) is 13.3. The zero-order valence-electron chi connectivity index (χ0n) is 21.4. The number of aromatic nitrogens is 1. The number of aryl methyl sites for hydroxylation is 3. The molecule has 0 aliphatic heterocycles. The van der Waals surface area contributed by atoms with Crippen molar-refractivity contribution < 1.29 is 14.8 Å². The Morgan fingerprint density at radius 3 is 2.58 bits per heavy atom. The molecule has 8 nitrogen and oxygen atoms in total. The summed E-state index contributed by atoms with van der Waals surface area (Å²) in [4.78, 5) is 29.9. The Morgan fingerprint density at radius 2 is 1.84 bits per heavy atom. The van der Waals surface area contributed by atoms with Crippen LogP contribution in [0.25, 0.3) is 5.00 Å². The Kier molecular flexibility index (Phi) is 6.86. The lowest BCUT2D eigenvalue weighted by molar-refractivity contribution is -0.384. The van der Waals surface area contributed by atoms with Crippen LogP contribution in [-0.4, -0.2) is 26.7 Å². The molecular formula is C29H28N4O4S. The predicted octanol–water partition coefficient (Wildman–Crippen LogP) is 6.96. The average Bonchev–Trinajstić information content (AvgIpc) is 3.40. The molecule has 0 bridgehead atoms. The summed E-state index contributed by atoms with van der Waals surface area (Å²) in [6, 6.07) is 13.5. The Bertz CT molecular complexity index is 1580. The number of amides is 1. The number of aliphatic imine (C=N–C) groups is 1. The van der Waals surface area contributed by atoms with E-state index in [2.05, 4.69) is 14.9 Å². The second-order valence-electron chi connectivity index (χ2n) is 9.56. The molecule has 0 radical (unpaired) electrons. The van der Waals surface area contributed by atoms with E-state index in [1.54, 1.807) is 17.6 Å². The number of nitro groups is 1. The highest BCUT2D eigenvalue weighted by molar-refractivity contribution is 7.15. The first-order valence-electron chi connectivity index (χ1n) is 12.5. The number of thiophene rings is 1. The monoisotopic (exact) mass is 528 g/mol. The Balaban J connectivity index is 1.55. The number of aromatic hydroxyl groups is 1. The first-order chi connectivity index (χ1) is 18.2. The molecular weight excluding hydrogens is 500 g/mol. The number of anilines is 1. The topological polar surface area (TPSA) is 110 Å². The number of nitrogens with one attached hydrogen (secondary N) is 1. The van der Waals surface area contributed by atoms with Crippen LogP contribution in [0, 0.1) is 30.9 Å². The predicted molar refractivity (Wildman–Crippen MR) is 151 cm³/mol. The van der Waals surface area contributed by atoms with E-state index in [9.17, 15) is 20.0 Å². The molecule has 2 heterocycles. The first kappa shape index (κ1) is 25.4. The number of nitro benzene ring substituents is 1. The van der Waals surface area contributed by atoms with Crippen molar-refractivity contribution in [1.82, 2.24) is 4.57 Å². The van der Waals surface area contributed by atoms with Gasteiger partial charge in [-0.05, 0) is 76.3 Å². The molecule has 2 aromatic heterocycles. The van der Waals surface area contributed by atoms with Gasteiger partial charge in [-0.1, -0.05) is 17.7 Å². The van der Waals surface area contributed by atoms with E-state index in [0.717, 1.165) is 64.4 Å². The minimum absolute atomic E-state index is 0.118. The molecule has 1 aliphatic rings. The largest absolute Gasteiger partial charge is 0.506 e. The van der Waals surface area contributed by atoms with Gasteiger partial charge in [-0.3, -0.25) is 19.9 Å². The van der Waals surface area contributed by atoms with Gasteiger partial charge in [-0.25, -0.2) is 0 Å². The van der Waals surface area contributed by atoms with Gasteiger partial charge in [0, 0.05) is 45.9 Å². The Labute approximate surface area is 224 Å². The van der Waals surface area contributed by atoms with E-state index < -0.39 is 4.92 Å². The van der Waals surface area contributed by atoms with Crippen molar-refractivity contribution in [3.8, 4) is 10.8 Å². The van der Waals surface area contributed by atoms with E-state index >= 15 is 0 Å². The highest BCUT2D eigenvalue weighted by Crippen LogP contribution is 2.39. The molecule has 2 aromatic carbocycles. The second-order valence-corrected chi connectivity index (χ2v) is 10.6. The van der Waals surface area contributed by atoms with Gasteiger partial charge in [0.25, 0.3) is 11.6 Å². The SMILES string of the molecule is Cc1ccc(NC(=O)c2c(-n3c(C)cc(C=Nc4cc([N+](=O)[O-])ccc4O)c3C)sc3c2CCCC3)cc1. The molecule has 38 heavy (non-hydrogen) atoms. The van der Waals surface area contributed by atoms with Crippen LogP contribution in [0.1, 0.15) is 56.2 Å². The van der Waals surface area contributed by atoms with Gasteiger partial charge in [-0.2, -0.15) is 0 Å². The summed E-state index contributed by atoms with van der Waals surface area (Å²) in [5.74, 6) is -0.255. The number of hydrogen-bond acceptors (Lipinski definition) is 6. The standard InChI is InChI=1S/C29H28N4O4S/c1-17-8-10-21(11-9-17)31-28(35)27-23-6-4-5-7-26(23)38-29(27)32-18(2)14-20(19(32)3)16-30-24-15-22(33(36)37)12-13-25(24)34/h8-16,34H,4-7H2,1-3H3,(H,31,35). The summed E-state index contributed by atoms with van der Waals surface area (Å²) in [5, 5.41) is 25.3. The lowest BCUT2D eigenvalue weighted by Crippen LogP contribution is -2.17. The number of carbonyl (C=O) groups is 1. The van der Waals surface area contributed by atoms with Crippen LogP contribution in [0.15, 0.2) is 53.5 Å². The molecule has 0 unspecified atom stereocenters. The summed E-state index contributed by atoms with van der Waals surface area (Å²) in [6.45, 7) is 5.95. The van der Waals surface area contributed by atoms with Crippen molar-refractivity contribution in [3.05, 3.63) is 97.2 Å². The number of phenolic OH excluding ortho intramolecular Hbond substituents is 1. The van der Waals surface area contributed by atoms with Crippen molar-refractivity contribution in [2.24, 2.45) is 4.99 Å². The molecule has 0 saturated carbocycles. The lowest BCUT2D eigenvalue weighted by Gasteiger charge is -2.14. The van der Waals surface area contributed by atoms with Gasteiger partial charge in [-0.15, -0.1) is 11.3 Å². The quantitative estimate of drug-likeness (QED) is 0.160. The molecule has 1 aliphatic carbocycles. The molecule has 1 amide bonds. The third-order valence-electron chi connectivity index (χ3n) is 6.88. The van der Waals surface area contributed by atoms with Gasteiger partial charge < -0.3 is 15.0 Å². The maximum absolute atomic E-state index is 13.7. The van der Waals surface area contributed by atoms with E-state index in [4.69, 9.17) is 0 Å². The van der Waals surface area contributed by atoms with Gasteiger partial charge in [0.2, 0.25) is 0 Å². The fourth-order valence-electron chi connectivity index (χ4n) is 4.87. The fourth-order valence-corrected chi connectivity index (χ4v) is 6.37. The molecule has 2 N–H and O–H groups in total. The minimum atomic E-state index is -0.522. The number of fused-ring (bicyclic) bond motifs is 1. The van der Waals surface area contributed by atoms with Crippen LogP contribution in [0.2, 0.25) is 0 Å². The fraction of sp³-hybridized carbons (Fsp3) is 0.241. The normalized spacial score (nSPS) is 13.0. The molecule has 194 valence electrons. The second kappa shape index (κ2) is 10.3. The molecule has 5 rings (SSSR count). The van der Waals surface area contributed by atoms with Gasteiger partial charge in [0.1, 0.15) is 16.4 Å². The molecule has 0 fully saturated rings. The van der Waals surface area contributed by atoms with Gasteiger partial charge in [0.15, 0.2) is 0 Å². The summed E-state index contributed by atoms with van der Waals surface area (Å²) in [6.07, 6.45) is 5.60. The Morgan fingerprint density at radius 1 is 1.11 bits per heavy atom. The number of hydrogen-bond donors (Lipinski definition) is 2. The average molecular weight is 529 g/mol. The van der Waals surface area contributed by atoms with Crippen molar-refractivity contribution in [1.29, 1.82) is 0 Å². The molecule has 9 heteroatoms.